The molecule has 3 nitrogen and oxygen atoms in total. The third-order valence-corrected chi connectivity index (χ3v) is 9.20. The van der Waals surface area contributed by atoms with Crippen LogP contribution in [0.3, 0.4) is 0 Å². The lowest BCUT2D eigenvalue weighted by Crippen LogP contribution is -2.42. The minimum absolute atomic E-state index is 0.0176. The SMILES string of the molecule is CC(C)(C)[Si](C)(C)OC(c1ncc(N)cc1Cl)C1CC1. The number of anilines is 1. The van der Waals surface area contributed by atoms with Crippen LogP contribution in [-0.4, -0.2) is 13.3 Å². The smallest absolute Gasteiger partial charge is 0.193 e. The van der Waals surface area contributed by atoms with Crippen molar-refractivity contribution in [3.05, 3.63) is 23.0 Å². The van der Waals surface area contributed by atoms with Gasteiger partial charge in [0.25, 0.3) is 0 Å². The zero-order chi connectivity index (χ0) is 15.1. The van der Waals surface area contributed by atoms with E-state index in [4.69, 9.17) is 21.8 Å². The van der Waals surface area contributed by atoms with Crippen molar-refractivity contribution in [1.82, 2.24) is 4.98 Å². The molecule has 0 amide bonds. The number of rotatable bonds is 4. The van der Waals surface area contributed by atoms with E-state index in [0.29, 0.717) is 16.6 Å². The molecule has 1 atom stereocenters. The number of pyridine rings is 1. The second kappa shape index (κ2) is 5.32. The average molecular weight is 313 g/mol. The zero-order valence-corrected chi connectivity index (χ0v) is 14.8. The van der Waals surface area contributed by atoms with Gasteiger partial charge in [-0.2, -0.15) is 0 Å². The van der Waals surface area contributed by atoms with Crippen molar-refractivity contribution >= 4 is 25.6 Å². The Bertz CT molecular complexity index is 495. The fourth-order valence-corrected chi connectivity index (χ4v) is 3.52. The summed E-state index contributed by atoms with van der Waals surface area (Å²) in [4.78, 5) is 4.45. The monoisotopic (exact) mass is 312 g/mol. The molecular formula is C15H25ClN2OSi. The normalized spacial score (nSPS) is 18.1. The molecule has 1 unspecified atom stereocenters. The predicted octanol–water partition coefficient (Wildman–Crippen LogP) is 4.79. The fourth-order valence-electron chi connectivity index (χ4n) is 1.94. The van der Waals surface area contributed by atoms with Crippen LogP contribution in [0.4, 0.5) is 5.69 Å². The van der Waals surface area contributed by atoms with Gasteiger partial charge in [0.2, 0.25) is 0 Å². The minimum Gasteiger partial charge on any atom is -0.408 e. The van der Waals surface area contributed by atoms with Crippen molar-refractivity contribution in [2.24, 2.45) is 5.92 Å². The molecule has 0 spiro atoms. The molecule has 20 heavy (non-hydrogen) atoms. The van der Waals surface area contributed by atoms with E-state index < -0.39 is 8.32 Å². The van der Waals surface area contributed by atoms with E-state index in [-0.39, 0.29) is 11.1 Å². The maximum atomic E-state index is 6.58. The summed E-state index contributed by atoms with van der Waals surface area (Å²) >= 11 is 6.33. The number of nitrogen functional groups attached to an aromatic ring is 1. The number of nitrogens with zero attached hydrogens (tertiary/aromatic N) is 1. The maximum Gasteiger partial charge on any atom is 0.193 e. The Morgan fingerprint density at radius 1 is 1.40 bits per heavy atom. The second-order valence-corrected chi connectivity index (χ2v) is 12.4. The number of hydrogen-bond acceptors (Lipinski definition) is 3. The lowest BCUT2D eigenvalue weighted by Gasteiger charge is -2.39. The van der Waals surface area contributed by atoms with Crippen LogP contribution < -0.4 is 5.73 Å². The van der Waals surface area contributed by atoms with E-state index in [0.717, 1.165) is 5.69 Å². The molecule has 112 valence electrons. The van der Waals surface area contributed by atoms with Gasteiger partial charge in [0.15, 0.2) is 8.32 Å². The summed E-state index contributed by atoms with van der Waals surface area (Å²) in [6.07, 6.45) is 4.08. The summed E-state index contributed by atoms with van der Waals surface area (Å²) in [7, 11) is -1.84. The molecule has 1 aliphatic rings. The van der Waals surface area contributed by atoms with E-state index in [2.05, 4.69) is 38.8 Å². The quantitative estimate of drug-likeness (QED) is 0.813. The van der Waals surface area contributed by atoms with Gasteiger partial charge in [0.05, 0.1) is 28.7 Å². The highest BCUT2D eigenvalue weighted by Crippen LogP contribution is 2.49. The second-order valence-electron chi connectivity index (χ2n) is 7.27. The fraction of sp³-hybridized carbons (Fsp3) is 0.667. The molecule has 0 saturated heterocycles. The van der Waals surface area contributed by atoms with Crippen molar-refractivity contribution in [2.75, 3.05) is 5.73 Å². The molecule has 0 aliphatic heterocycles. The number of nitrogens with two attached hydrogens (primary N) is 1. The van der Waals surface area contributed by atoms with Crippen LogP contribution in [0.15, 0.2) is 12.3 Å². The van der Waals surface area contributed by atoms with Crippen LogP contribution in [0.25, 0.3) is 0 Å². The maximum absolute atomic E-state index is 6.58. The first-order chi connectivity index (χ1) is 9.12. The summed E-state index contributed by atoms with van der Waals surface area (Å²) in [5.41, 5.74) is 7.19. The largest absolute Gasteiger partial charge is 0.408 e. The molecular weight excluding hydrogens is 288 g/mol. The van der Waals surface area contributed by atoms with Crippen LogP contribution in [0.1, 0.15) is 45.4 Å². The standard InChI is InChI=1S/C15H25ClN2OSi/c1-15(2,3)20(4,5)19-14(10-6-7-10)13-12(16)8-11(17)9-18-13/h8-10,14H,6-7,17H2,1-5H3. The van der Waals surface area contributed by atoms with Crippen molar-refractivity contribution in [3.8, 4) is 0 Å². The summed E-state index contributed by atoms with van der Waals surface area (Å²) in [6, 6.07) is 1.77. The predicted molar refractivity (Wildman–Crippen MR) is 87.4 cm³/mol. The summed E-state index contributed by atoms with van der Waals surface area (Å²) in [5, 5.41) is 0.807. The average Bonchev–Trinajstić information content (AvgIpc) is 3.08. The summed E-state index contributed by atoms with van der Waals surface area (Å²) in [6.45, 7) is 11.3. The van der Waals surface area contributed by atoms with Crippen molar-refractivity contribution in [2.45, 2.75) is 57.8 Å². The van der Waals surface area contributed by atoms with E-state index in [1.165, 1.54) is 12.8 Å². The van der Waals surface area contributed by atoms with Crippen LogP contribution in [-0.2, 0) is 4.43 Å². The number of halogens is 1. The van der Waals surface area contributed by atoms with Gasteiger partial charge in [-0.1, -0.05) is 32.4 Å². The summed E-state index contributed by atoms with van der Waals surface area (Å²) in [5.74, 6) is 0.553. The van der Waals surface area contributed by atoms with Gasteiger partial charge >= 0.3 is 0 Å². The highest BCUT2D eigenvalue weighted by molar-refractivity contribution is 6.74. The van der Waals surface area contributed by atoms with Crippen molar-refractivity contribution in [1.29, 1.82) is 0 Å². The van der Waals surface area contributed by atoms with Crippen LogP contribution in [0, 0.1) is 5.92 Å². The van der Waals surface area contributed by atoms with Gasteiger partial charge in [-0.15, -0.1) is 0 Å². The number of hydrogen-bond donors (Lipinski definition) is 1. The Morgan fingerprint density at radius 2 is 2.00 bits per heavy atom. The molecule has 0 aromatic carbocycles. The van der Waals surface area contributed by atoms with Crippen molar-refractivity contribution in [3.63, 3.8) is 0 Å². The molecule has 0 bridgehead atoms. The van der Waals surface area contributed by atoms with Gasteiger partial charge in [0.1, 0.15) is 0 Å². The Hall–Kier alpha value is -0.583. The Kier molecular flexibility index (Phi) is 4.20. The molecule has 1 aromatic heterocycles. The number of aromatic nitrogens is 1. The Labute approximate surface area is 128 Å². The first kappa shape index (κ1) is 15.8. The highest BCUT2D eigenvalue weighted by Gasteiger charge is 2.44. The lowest BCUT2D eigenvalue weighted by atomic mass is 10.1. The molecule has 0 radical (unpaired) electrons. The lowest BCUT2D eigenvalue weighted by molar-refractivity contribution is 0.156. The first-order valence-corrected chi connectivity index (χ1v) is 10.5. The van der Waals surface area contributed by atoms with Gasteiger partial charge < -0.3 is 10.2 Å². The minimum atomic E-state index is -1.84. The highest BCUT2D eigenvalue weighted by atomic mass is 35.5. The van der Waals surface area contributed by atoms with Gasteiger partial charge in [-0.05, 0) is 43.0 Å². The van der Waals surface area contributed by atoms with Crippen molar-refractivity contribution < 1.29 is 4.43 Å². The van der Waals surface area contributed by atoms with E-state index in [1.54, 1.807) is 12.3 Å². The molecule has 1 fully saturated rings. The molecule has 1 saturated carbocycles. The van der Waals surface area contributed by atoms with Gasteiger partial charge in [-0.25, -0.2) is 0 Å². The topological polar surface area (TPSA) is 48.1 Å². The first-order valence-electron chi connectivity index (χ1n) is 7.20. The third kappa shape index (κ3) is 3.35. The molecule has 1 aromatic rings. The molecule has 1 aliphatic carbocycles. The molecule has 1 heterocycles. The molecule has 2 N–H and O–H groups in total. The zero-order valence-electron chi connectivity index (χ0n) is 13.0. The Morgan fingerprint density at radius 3 is 2.45 bits per heavy atom. The van der Waals surface area contributed by atoms with Crippen LogP contribution in [0.2, 0.25) is 23.2 Å². The Balaban J connectivity index is 2.28. The van der Waals surface area contributed by atoms with E-state index in [1.807, 2.05) is 0 Å². The summed E-state index contributed by atoms with van der Waals surface area (Å²) < 4.78 is 6.58. The van der Waals surface area contributed by atoms with Gasteiger partial charge in [0, 0.05) is 0 Å². The van der Waals surface area contributed by atoms with Crippen LogP contribution in [0.5, 0.6) is 0 Å². The molecule has 2 rings (SSSR count). The van der Waals surface area contributed by atoms with E-state index in [9.17, 15) is 0 Å². The third-order valence-electron chi connectivity index (χ3n) is 4.44. The van der Waals surface area contributed by atoms with Gasteiger partial charge in [-0.3, -0.25) is 4.98 Å². The van der Waals surface area contributed by atoms with E-state index >= 15 is 0 Å². The molecule has 5 heteroatoms. The van der Waals surface area contributed by atoms with Crippen LogP contribution >= 0.6 is 11.6 Å².